The summed E-state index contributed by atoms with van der Waals surface area (Å²) in [6.45, 7) is 3.55. The van der Waals surface area contributed by atoms with Crippen LogP contribution in [0, 0.1) is 0 Å². The SMILES string of the molecule is C=CCCC(=O)Nc1ccc(C(=O)OC)cc1. The van der Waals surface area contributed by atoms with Crippen molar-refractivity contribution >= 4 is 17.6 Å². The average Bonchev–Trinajstić information content (AvgIpc) is 2.36. The van der Waals surface area contributed by atoms with Crippen LogP contribution in [0.4, 0.5) is 5.69 Å². The van der Waals surface area contributed by atoms with Gasteiger partial charge in [0, 0.05) is 12.1 Å². The summed E-state index contributed by atoms with van der Waals surface area (Å²) in [5.74, 6) is -0.467. The summed E-state index contributed by atoms with van der Waals surface area (Å²) in [5.41, 5.74) is 1.11. The minimum atomic E-state index is -0.394. The molecule has 0 aliphatic heterocycles. The first-order valence-electron chi connectivity index (χ1n) is 5.26. The molecule has 0 aliphatic rings. The lowest BCUT2D eigenvalue weighted by Gasteiger charge is -2.05. The van der Waals surface area contributed by atoms with E-state index < -0.39 is 5.97 Å². The normalized spacial score (nSPS) is 9.47. The topological polar surface area (TPSA) is 55.4 Å². The van der Waals surface area contributed by atoms with Gasteiger partial charge in [0.1, 0.15) is 0 Å². The molecule has 0 saturated carbocycles. The van der Waals surface area contributed by atoms with Gasteiger partial charge in [-0.15, -0.1) is 6.58 Å². The molecule has 4 nitrogen and oxygen atoms in total. The van der Waals surface area contributed by atoms with Crippen LogP contribution in [0.1, 0.15) is 23.2 Å². The molecule has 0 spiro atoms. The van der Waals surface area contributed by atoms with Crippen molar-refractivity contribution < 1.29 is 14.3 Å². The van der Waals surface area contributed by atoms with Crippen molar-refractivity contribution in [1.29, 1.82) is 0 Å². The minimum absolute atomic E-state index is 0.0734. The molecule has 0 aromatic heterocycles. The standard InChI is InChI=1S/C13H15NO3/c1-3-4-5-12(15)14-11-8-6-10(7-9-11)13(16)17-2/h3,6-9H,1,4-5H2,2H3,(H,14,15). The van der Waals surface area contributed by atoms with Crippen molar-refractivity contribution in [3.05, 3.63) is 42.5 Å². The second-order valence-electron chi connectivity index (χ2n) is 3.44. The second kappa shape index (κ2) is 6.48. The van der Waals surface area contributed by atoms with E-state index in [1.54, 1.807) is 30.3 Å². The minimum Gasteiger partial charge on any atom is -0.465 e. The lowest BCUT2D eigenvalue weighted by Crippen LogP contribution is -2.10. The molecule has 0 heterocycles. The number of benzene rings is 1. The van der Waals surface area contributed by atoms with Gasteiger partial charge in [0.15, 0.2) is 0 Å². The zero-order chi connectivity index (χ0) is 12.7. The predicted molar refractivity (Wildman–Crippen MR) is 65.8 cm³/mol. The van der Waals surface area contributed by atoms with Crippen LogP contribution in [-0.4, -0.2) is 19.0 Å². The summed E-state index contributed by atoms with van der Waals surface area (Å²) in [4.78, 5) is 22.6. The van der Waals surface area contributed by atoms with E-state index in [-0.39, 0.29) is 5.91 Å². The number of carbonyl (C=O) groups is 2. The van der Waals surface area contributed by atoms with E-state index in [0.29, 0.717) is 24.1 Å². The molecule has 1 rings (SSSR count). The maximum atomic E-state index is 11.4. The van der Waals surface area contributed by atoms with Gasteiger partial charge in [-0.1, -0.05) is 6.08 Å². The highest BCUT2D eigenvalue weighted by Crippen LogP contribution is 2.11. The van der Waals surface area contributed by atoms with Crippen LogP contribution in [0.3, 0.4) is 0 Å². The summed E-state index contributed by atoms with van der Waals surface area (Å²) in [7, 11) is 1.33. The molecule has 1 aromatic carbocycles. The number of nitrogens with one attached hydrogen (secondary N) is 1. The van der Waals surface area contributed by atoms with Crippen molar-refractivity contribution in [2.24, 2.45) is 0 Å². The largest absolute Gasteiger partial charge is 0.465 e. The molecule has 1 aromatic rings. The van der Waals surface area contributed by atoms with Crippen LogP contribution >= 0.6 is 0 Å². The van der Waals surface area contributed by atoms with Crippen LogP contribution in [0.15, 0.2) is 36.9 Å². The lowest BCUT2D eigenvalue weighted by molar-refractivity contribution is -0.116. The van der Waals surface area contributed by atoms with Gasteiger partial charge in [-0.3, -0.25) is 4.79 Å². The van der Waals surface area contributed by atoms with Crippen LogP contribution < -0.4 is 5.32 Å². The van der Waals surface area contributed by atoms with E-state index in [1.165, 1.54) is 7.11 Å². The van der Waals surface area contributed by atoms with E-state index >= 15 is 0 Å². The summed E-state index contributed by atoms with van der Waals surface area (Å²) >= 11 is 0. The molecule has 0 bridgehead atoms. The van der Waals surface area contributed by atoms with Gasteiger partial charge in [0.25, 0.3) is 0 Å². The van der Waals surface area contributed by atoms with Crippen molar-refractivity contribution in [2.45, 2.75) is 12.8 Å². The van der Waals surface area contributed by atoms with Gasteiger partial charge in [0.2, 0.25) is 5.91 Å². The number of hydrogen-bond acceptors (Lipinski definition) is 3. The number of methoxy groups -OCH3 is 1. The van der Waals surface area contributed by atoms with Crippen molar-refractivity contribution in [3.63, 3.8) is 0 Å². The molecule has 0 aliphatic carbocycles. The van der Waals surface area contributed by atoms with Gasteiger partial charge in [0.05, 0.1) is 12.7 Å². The molecule has 17 heavy (non-hydrogen) atoms. The van der Waals surface area contributed by atoms with E-state index in [1.807, 2.05) is 0 Å². The quantitative estimate of drug-likeness (QED) is 0.627. The summed E-state index contributed by atoms with van der Waals surface area (Å²) < 4.78 is 4.57. The first-order chi connectivity index (χ1) is 8.17. The zero-order valence-electron chi connectivity index (χ0n) is 9.73. The molecular weight excluding hydrogens is 218 g/mol. The predicted octanol–water partition coefficient (Wildman–Crippen LogP) is 2.38. The van der Waals surface area contributed by atoms with E-state index in [2.05, 4.69) is 16.6 Å². The number of anilines is 1. The number of amides is 1. The molecule has 0 unspecified atom stereocenters. The van der Waals surface area contributed by atoms with Gasteiger partial charge in [-0.2, -0.15) is 0 Å². The van der Waals surface area contributed by atoms with Crippen LogP contribution in [-0.2, 0) is 9.53 Å². The maximum Gasteiger partial charge on any atom is 0.337 e. The Bertz CT molecular complexity index is 409. The van der Waals surface area contributed by atoms with Crippen molar-refractivity contribution in [1.82, 2.24) is 0 Å². The highest BCUT2D eigenvalue weighted by atomic mass is 16.5. The van der Waals surface area contributed by atoms with Crippen LogP contribution in [0.25, 0.3) is 0 Å². The third-order valence-corrected chi connectivity index (χ3v) is 2.17. The highest BCUT2D eigenvalue weighted by molar-refractivity contribution is 5.93. The molecule has 0 fully saturated rings. The number of allylic oxidation sites excluding steroid dienone is 1. The Hall–Kier alpha value is -2.10. The Labute approximate surface area is 100 Å². The Morgan fingerprint density at radius 1 is 1.35 bits per heavy atom. The van der Waals surface area contributed by atoms with Gasteiger partial charge in [-0.05, 0) is 30.7 Å². The molecule has 1 amide bonds. The number of carbonyl (C=O) groups excluding carboxylic acids is 2. The van der Waals surface area contributed by atoms with E-state index in [0.717, 1.165) is 0 Å². The number of rotatable bonds is 5. The number of esters is 1. The smallest absolute Gasteiger partial charge is 0.337 e. The fourth-order valence-electron chi connectivity index (χ4n) is 1.26. The Morgan fingerprint density at radius 2 is 2.00 bits per heavy atom. The molecule has 90 valence electrons. The number of ether oxygens (including phenoxy) is 1. The fourth-order valence-corrected chi connectivity index (χ4v) is 1.26. The van der Waals surface area contributed by atoms with Crippen LogP contribution in [0.5, 0.6) is 0 Å². The van der Waals surface area contributed by atoms with Crippen LogP contribution in [0.2, 0.25) is 0 Å². The maximum absolute atomic E-state index is 11.4. The third kappa shape index (κ3) is 4.10. The summed E-state index contributed by atoms with van der Waals surface area (Å²) in [5, 5.41) is 2.72. The molecular formula is C13H15NO3. The molecule has 1 N–H and O–H groups in total. The molecule has 0 atom stereocenters. The second-order valence-corrected chi connectivity index (χ2v) is 3.44. The summed E-state index contributed by atoms with van der Waals surface area (Å²) in [6.07, 6.45) is 2.74. The Morgan fingerprint density at radius 3 is 2.53 bits per heavy atom. The van der Waals surface area contributed by atoms with E-state index in [4.69, 9.17) is 0 Å². The van der Waals surface area contributed by atoms with Gasteiger partial charge in [-0.25, -0.2) is 4.79 Å². The van der Waals surface area contributed by atoms with E-state index in [9.17, 15) is 9.59 Å². The van der Waals surface area contributed by atoms with Gasteiger partial charge < -0.3 is 10.1 Å². The Balaban J connectivity index is 2.59. The first-order valence-corrected chi connectivity index (χ1v) is 5.26. The monoisotopic (exact) mass is 233 g/mol. The number of hydrogen-bond donors (Lipinski definition) is 1. The molecule has 0 saturated heterocycles. The molecule has 4 heteroatoms. The van der Waals surface area contributed by atoms with Crippen molar-refractivity contribution in [2.75, 3.05) is 12.4 Å². The first kappa shape index (κ1) is 13.0. The third-order valence-electron chi connectivity index (χ3n) is 2.17. The van der Waals surface area contributed by atoms with Crippen molar-refractivity contribution in [3.8, 4) is 0 Å². The highest BCUT2D eigenvalue weighted by Gasteiger charge is 2.05. The zero-order valence-corrected chi connectivity index (χ0v) is 9.73. The summed E-state index contributed by atoms with van der Waals surface area (Å²) in [6, 6.07) is 6.54. The molecule has 0 radical (unpaired) electrons. The fraction of sp³-hybridized carbons (Fsp3) is 0.231. The average molecular weight is 233 g/mol. The lowest BCUT2D eigenvalue weighted by atomic mass is 10.2. The Kier molecular flexibility index (Phi) is 4.94. The van der Waals surface area contributed by atoms with Gasteiger partial charge >= 0.3 is 5.97 Å².